The van der Waals surface area contributed by atoms with Crippen molar-refractivity contribution in [2.24, 2.45) is 5.10 Å². The van der Waals surface area contributed by atoms with E-state index in [-0.39, 0.29) is 12.5 Å². The summed E-state index contributed by atoms with van der Waals surface area (Å²) in [7, 11) is 1.61. The zero-order valence-corrected chi connectivity index (χ0v) is 16.2. The van der Waals surface area contributed by atoms with Crippen LogP contribution in [0.5, 0.6) is 11.5 Å². The molecule has 0 aliphatic rings. The number of ether oxygens (including phenoxy) is 2. The quantitative estimate of drug-likeness (QED) is 0.431. The van der Waals surface area contributed by atoms with Crippen molar-refractivity contribution < 1.29 is 14.3 Å². The fourth-order valence-electron chi connectivity index (χ4n) is 2.56. The first-order valence-corrected chi connectivity index (χ1v) is 9.20. The molecule has 0 atom stereocenters. The van der Waals surface area contributed by atoms with Crippen LogP contribution >= 0.6 is 0 Å². The normalized spacial score (nSPS) is 10.5. The molecule has 3 aromatic rings. The number of nitrogens with one attached hydrogen (secondary N) is 2. The molecular weight excluding hydrogens is 366 g/mol. The lowest BCUT2D eigenvalue weighted by Gasteiger charge is -2.09. The summed E-state index contributed by atoms with van der Waals surface area (Å²) >= 11 is 0. The van der Waals surface area contributed by atoms with Gasteiger partial charge < -0.3 is 14.8 Å². The summed E-state index contributed by atoms with van der Waals surface area (Å²) in [5, 5.41) is 7.06. The minimum atomic E-state index is -0.250. The molecule has 0 saturated carbocycles. The van der Waals surface area contributed by atoms with Crippen LogP contribution in [0.1, 0.15) is 11.1 Å². The van der Waals surface area contributed by atoms with Gasteiger partial charge in [0.1, 0.15) is 18.1 Å². The van der Waals surface area contributed by atoms with E-state index in [0.29, 0.717) is 12.4 Å². The minimum absolute atomic E-state index is 0.107. The molecule has 0 spiro atoms. The van der Waals surface area contributed by atoms with Crippen molar-refractivity contribution in [2.75, 3.05) is 19.0 Å². The van der Waals surface area contributed by atoms with Gasteiger partial charge in [0.2, 0.25) is 0 Å². The second-order valence-electron chi connectivity index (χ2n) is 6.19. The molecule has 0 aliphatic carbocycles. The number of carbonyl (C=O) groups excluding carboxylic acids is 1. The van der Waals surface area contributed by atoms with E-state index in [2.05, 4.69) is 15.8 Å². The predicted molar refractivity (Wildman–Crippen MR) is 114 cm³/mol. The molecule has 148 valence electrons. The summed E-state index contributed by atoms with van der Waals surface area (Å²) in [6.45, 7) is 0.569. The van der Waals surface area contributed by atoms with E-state index in [0.717, 1.165) is 22.6 Å². The second-order valence-corrected chi connectivity index (χ2v) is 6.19. The van der Waals surface area contributed by atoms with Gasteiger partial charge in [-0.05, 0) is 42.0 Å². The van der Waals surface area contributed by atoms with E-state index in [1.807, 2.05) is 78.9 Å². The first-order chi connectivity index (χ1) is 14.2. The van der Waals surface area contributed by atoms with Gasteiger partial charge in [-0.1, -0.05) is 42.5 Å². The van der Waals surface area contributed by atoms with E-state index >= 15 is 0 Å². The fraction of sp³-hybridized carbons (Fsp3) is 0.130. The smallest absolute Gasteiger partial charge is 0.259 e. The molecule has 29 heavy (non-hydrogen) atoms. The molecule has 0 fully saturated rings. The van der Waals surface area contributed by atoms with Gasteiger partial charge in [-0.25, -0.2) is 5.43 Å². The number of hydrogen-bond donors (Lipinski definition) is 2. The summed E-state index contributed by atoms with van der Waals surface area (Å²) in [6, 6.07) is 24.8. The number of rotatable bonds is 9. The molecule has 0 unspecified atom stereocenters. The van der Waals surface area contributed by atoms with Crippen molar-refractivity contribution in [1.82, 2.24) is 5.43 Å². The van der Waals surface area contributed by atoms with Crippen molar-refractivity contribution in [1.29, 1.82) is 0 Å². The van der Waals surface area contributed by atoms with Crippen LogP contribution in [0, 0.1) is 0 Å². The number of methoxy groups -OCH3 is 1. The van der Waals surface area contributed by atoms with E-state index < -0.39 is 0 Å². The summed E-state index contributed by atoms with van der Waals surface area (Å²) in [4.78, 5) is 12.0. The molecule has 1 amide bonds. The average Bonchev–Trinajstić information content (AvgIpc) is 2.78. The predicted octanol–water partition coefficient (Wildman–Crippen LogP) is 3.84. The van der Waals surface area contributed by atoms with Crippen LogP contribution in [0.2, 0.25) is 0 Å². The van der Waals surface area contributed by atoms with E-state index in [9.17, 15) is 4.79 Å². The number of carbonyl (C=O) groups is 1. The molecule has 6 heteroatoms. The van der Waals surface area contributed by atoms with Gasteiger partial charge >= 0.3 is 0 Å². The van der Waals surface area contributed by atoms with Crippen molar-refractivity contribution in [3.8, 4) is 11.5 Å². The molecule has 0 heterocycles. The van der Waals surface area contributed by atoms with Gasteiger partial charge in [0.05, 0.1) is 19.9 Å². The Balaban J connectivity index is 1.49. The lowest BCUT2D eigenvalue weighted by Crippen LogP contribution is -2.25. The Morgan fingerprint density at radius 3 is 2.45 bits per heavy atom. The number of para-hydroxylation sites is 1. The second kappa shape index (κ2) is 10.5. The highest BCUT2D eigenvalue weighted by Gasteiger charge is 2.03. The highest BCUT2D eigenvalue weighted by Crippen LogP contribution is 2.17. The minimum Gasteiger partial charge on any atom is -0.497 e. The van der Waals surface area contributed by atoms with Crippen LogP contribution in [0.3, 0.4) is 0 Å². The zero-order valence-electron chi connectivity index (χ0n) is 16.2. The maximum Gasteiger partial charge on any atom is 0.259 e. The van der Waals surface area contributed by atoms with Crippen LogP contribution in [0.4, 0.5) is 5.69 Å². The van der Waals surface area contributed by atoms with Crippen molar-refractivity contribution in [3.05, 3.63) is 90.0 Å². The fourth-order valence-corrected chi connectivity index (χ4v) is 2.56. The Bertz CT molecular complexity index is 941. The summed E-state index contributed by atoms with van der Waals surface area (Å²) in [5.41, 5.74) is 5.20. The number of benzene rings is 3. The number of hydrazone groups is 1. The maximum atomic E-state index is 12.0. The van der Waals surface area contributed by atoms with Gasteiger partial charge in [0.25, 0.3) is 5.91 Å². The Labute approximate surface area is 170 Å². The van der Waals surface area contributed by atoms with Gasteiger partial charge in [-0.3, -0.25) is 4.79 Å². The van der Waals surface area contributed by atoms with Crippen molar-refractivity contribution in [3.63, 3.8) is 0 Å². The molecular formula is C23H23N3O3. The monoisotopic (exact) mass is 389 g/mol. The van der Waals surface area contributed by atoms with Crippen LogP contribution < -0.4 is 20.2 Å². The topological polar surface area (TPSA) is 72.0 Å². The van der Waals surface area contributed by atoms with Crippen molar-refractivity contribution >= 4 is 17.8 Å². The molecule has 0 aliphatic heterocycles. The van der Waals surface area contributed by atoms with Crippen LogP contribution in [0.25, 0.3) is 0 Å². The highest BCUT2D eigenvalue weighted by molar-refractivity contribution is 5.86. The van der Waals surface area contributed by atoms with Gasteiger partial charge in [0.15, 0.2) is 0 Å². The number of nitrogens with zero attached hydrogens (tertiary/aromatic N) is 1. The van der Waals surface area contributed by atoms with Gasteiger partial charge in [-0.15, -0.1) is 0 Å². The molecule has 0 bridgehead atoms. The van der Waals surface area contributed by atoms with E-state index in [1.165, 1.54) is 0 Å². The largest absolute Gasteiger partial charge is 0.497 e. The third kappa shape index (κ3) is 6.39. The number of anilines is 1. The lowest BCUT2D eigenvalue weighted by molar-refractivity contribution is -0.119. The van der Waals surface area contributed by atoms with Crippen LogP contribution in [-0.4, -0.2) is 25.8 Å². The molecule has 0 aromatic heterocycles. The Morgan fingerprint density at radius 1 is 0.966 bits per heavy atom. The first kappa shape index (κ1) is 19.9. The zero-order chi connectivity index (χ0) is 20.3. The first-order valence-electron chi connectivity index (χ1n) is 9.20. The summed E-state index contributed by atoms with van der Waals surface area (Å²) in [6.07, 6.45) is 1.58. The van der Waals surface area contributed by atoms with Gasteiger partial charge in [0, 0.05) is 11.3 Å². The lowest BCUT2D eigenvalue weighted by atomic mass is 10.2. The molecule has 6 nitrogen and oxygen atoms in total. The maximum absolute atomic E-state index is 12.0. The third-order valence-corrected chi connectivity index (χ3v) is 4.09. The van der Waals surface area contributed by atoms with Crippen LogP contribution in [-0.2, 0) is 11.4 Å². The van der Waals surface area contributed by atoms with Gasteiger partial charge in [-0.2, -0.15) is 5.10 Å². The molecule has 3 aromatic carbocycles. The van der Waals surface area contributed by atoms with Crippen molar-refractivity contribution in [2.45, 2.75) is 6.61 Å². The highest BCUT2D eigenvalue weighted by atomic mass is 16.5. The summed E-state index contributed by atoms with van der Waals surface area (Å²) in [5.74, 6) is 1.21. The number of amides is 1. The van der Waals surface area contributed by atoms with E-state index in [1.54, 1.807) is 13.3 Å². The molecule has 0 saturated heterocycles. The standard InChI is InChI=1S/C23H23N3O3/c1-28-21-13-11-20(12-14-21)24-16-23(27)26-25-15-19-9-5-6-10-22(19)29-17-18-7-3-2-4-8-18/h2-15,24H,16-17H2,1H3,(H,26,27)/b25-15-. The Morgan fingerprint density at radius 2 is 1.69 bits per heavy atom. The Kier molecular flexibility index (Phi) is 7.23. The van der Waals surface area contributed by atoms with E-state index in [4.69, 9.17) is 9.47 Å². The summed E-state index contributed by atoms with van der Waals surface area (Å²) < 4.78 is 11.0. The number of hydrogen-bond acceptors (Lipinski definition) is 5. The Hall–Kier alpha value is -3.80. The molecule has 0 radical (unpaired) electrons. The SMILES string of the molecule is COc1ccc(NCC(=O)N/N=C\c2ccccc2OCc2ccccc2)cc1. The molecule has 3 rings (SSSR count). The average molecular weight is 389 g/mol. The third-order valence-electron chi connectivity index (χ3n) is 4.09. The molecule has 2 N–H and O–H groups in total. The van der Waals surface area contributed by atoms with Crippen LogP contribution in [0.15, 0.2) is 84.0 Å².